The lowest BCUT2D eigenvalue weighted by molar-refractivity contribution is -0.141. The Labute approximate surface area is 205 Å². The van der Waals surface area contributed by atoms with Crippen molar-refractivity contribution in [3.8, 4) is 11.1 Å². The van der Waals surface area contributed by atoms with Crippen molar-refractivity contribution < 1.29 is 29.0 Å². The van der Waals surface area contributed by atoms with E-state index < -0.39 is 17.5 Å². The second-order valence-electron chi connectivity index (χ2n) is 9.86. The Kier molecular flexibility index (Phi) is 7.40. The predicted molar refractivity (Wildman–Crippen MR) is 130 cm³/mol. The number of amides is 2. The maximum Gasteiger partial charge on any atom is 0.407 e. The molecule has 0 spiro atoms. The highest BCUT2D eigenvalue weighted by Gasteiger charge is 2.35. The van der Waals surface area contributed by atoms with E-state index in [1.54, 1.807) is 13.8 Å². The molecule has 0 radical (unpaired) electrons. The van der Waals surface area contributed by atoms with Crippen LogP contribution in [0.4, 0.5) is 4.79 Å². The molecule has 8 heteroatoms. The topological polar surface area (TPSA) is 114 Å². The van der Waals surface area contributed by atoms with Crippen molar-refractivity contribution in [1.29, 1.82) is 0 Å². The summed E-state index contributed by atoms with van der Waals surface area (Å²) < 4.78 is 10.9. The second-order valence-corrected chi connectivity index (χ2v) is 9.86. The van der Waals surface area contributed by atoms with E-state index >= 15 is 0 Å². The van der Waals surface area contributed by atoms with Gasteiger partial charge < -0.3 is 25.2 Å². The van der Waals surface area contributed by atoms with E-state index in [1.165, 1.54) is 0 Å². The van der Waals surface area contributed by atoms with E-state index in [0.717, 1.165) is 22.3 Å². The third-order valence-corrected chi connectivity index (χ3v) is 6.86. The van der Waals surface area contributed by atoms with Gasteiger partial charge in [-0.25, -0.2) is 4.79 Å². The number of carboxylic acid groups (broad SMARTS) is 1. The van der Waals surface area contributed by atoms with Gasteiger partial charge in [-0.2, -0.15) is 0 Å². The molecule has 1 aliphatic carbocycles. The molecular formula is C27H32N2O6. The van der Waals surface area contributed by atoms with Crippen LogP contribution in [0.15, 0.2) is 48.5 Å². The largest absolute Gasteiger partial charge is 0.481 e. The number of aliphatic carboxylic acids is 1. The summed E-state index contributed by atoms with van der Waals surface area (Å²) in [6.45, 7) is 4.53. The molecule has 8 nitrogen and oxygen atoms in total. The average Bonchev–Trinajstić information content (AvgIpc) is 3.16. The maximum atomic E-state index is 12.9. The van der Waals surface area contributed by atoms with Crippen molar-refractivity contribution in [1.82, 2.24) is 10.6 Å². The lowest BCUT2D eigenvalue weighted by Gasteiger charge is -2.34. The van der Waals surface area contributed by atoms with Gasteiger partial charge in [-0.05, 0) is 42.5 Å². The quantitative estimate of drug-likeness (QED) is 0.533. The van der Waals surface area contributed by atoms with Crippen molar-refractivity contribution in [2.24, 2.45) is 11.3 Å². The zero-order valence-corrected chi connectivity index (χ0v) is 20.1. The third-order valence-electron chi connectivity index (χ3n) is 6.86. The van der Waals surface area contributed by atoms with Crippen LogP contribution in [-0.4, -0.2) is 55.5 Å². The summed E-state index contributed by atoms with van der Waals surface area (Å²) in [5.74, 6) is -1.49. The molecule has 0 saturated carbocycles. The summed E-state index contributed by atoms with van der Waals surface area (Å²) in [6, 6.07) is 16.0. The summed E-state index contributed by atoms with van der Waals surface area (Å²) in [5.41, 5.74) is 3.67. The Morgan fingerprint density at radius 2 is 1.69 bits per heavy atom. The first-order valence-electron chi connectivity index (χ1n) is 12.0. The van der Waals surface area contributed by atoms with Crippen LogP contribution in [0, 0.1) is 11.3 Å². The molecule has 1 fully saturated rings. The summed E-state index contributed by atoms with van der Waals surface area (Å²) in [4.78, 5) is 36.6. The zero-order chi connectivity index (χ0) is 25.0. The van der Waals surface area contributed by atoms with Crippen LogP contribution in [0.5, 0.6) is 0 Å². The number of hydrogen-bond acceptors (Lipinski definition) is 5. The number of rotatable bonds is 8. The van der Waals surface area contributed by atoms with Crippen molar-refractivity contribution in [3.05, 3.63) is 59.7 Å². The van der Waals surface area contributed by atoms with Gasteiger partial charge in [0.1, 0.15) is 6.61 Å². The maximum absolute atomic E-state index is 12.9. The minimum atomic E-state index is -0.920. The van der Waals surface area contributed by atoms with Crippen LogP contribution < -0.4 is 10.6 Å². The first-order chi connectivity index (χ1) is 16.8. The molecule has 2 amide bonds. The summed E-state index contributed by atoms with van der Waals surface area (Å²) in [7, 11) is 0. The summed E-state index contributed by atoms with van der Waals surface area (Å²) in [6.07, 6.45) is -0.0919. The Bertz CT molecular complexity index is 1050. The van der Waals surface area contributed by atoms with Crippen LogP contribution in [-0.2, 0) is 19.1 Å². The molecule has 3 N–H and O–H groups in total. The monoisotopic (exact) mass is 480 g/mol. The minimum Gasteiger partial charge on any atom is -0.481 e. The fraction of sp³-hybridized carbons (Fsp3) is 0.444. The Morgan fingerprint density at radius 1 is 1.06 bits per heavy atom. The number of carbonyl (C=O) groups is 3. The van der Waals surface area contributed by atoms with E-state index in [9.17, 15) is 14.4 Å². The first kappa shape index (κ1) is 24.7. The number of benzene rings is 2. The van der Waals surface area contributed by atoms with Crippen LogP contribution in [0.2, 0.25) is 0 Å². The van der Waals surface area contributed by atoms with Gasteiger partial charge in [0, 0.05) is 31.0 Å². The van der Waals surface area contributed by atoms with Crippen molar-refractivity contribution in [2.45, 2.75) is 38.6 Å². The molecule has 186 valence electrons. The van der Waals surface area contributed by atoms with Crippen LogP contribution in [0.1, 0.15) is 43.7 Å². The molecule has 2 aromatic rings. The van der Waals surface area contributed by atoms with Crippen LogP contribution >= 0.6 is 0 Å². The first-order valence-corrected chi connectivity index (χ1v) is 12.0. The zero-order valence-electron chi connectivity index (χ0n) is 20.1. The van der Waals surface area contributed by atoms with E-state index in [-0.39, 0.29) is 43.4 Å². The lowest BCUT2D eigenvalue weighted by Crippen LogP contribution is -2.52. The van der Waals surface area contributed by atoms with Gasteiger partial charge in [0.15, 0.2) is 0 Å². The average molecular weight is 481 g/mol. The summed E-state index contributed by atoms with van der Waals surface area (Å²) in [5, 5.41) is 14.8. The second kappa shape index (κ2) is 10.5. The molecule has 2 atom stereocenters. The lowest BCUT2D eigenvalue weighted by atomic mass is 9.88. The molecule has 35 heavy (non-hydrogen) atoms. The molecule has 2 aliphatic rings. The number of ether oxygens (including phenoxy) is 2. The molecule has 1 aliphatic heterocycles. The van der Waals surface area contributed by atoms with Crippen molar-refractivity contribution in [2.75, 3.05) is 26.4 Å². The molecule has 1 saturated heterocycles. The number of fused-ring (bicyclic) bond motifs is 3. The minimum absolute atomic E-state index is 0.0378. The Hall–Kier alpha value is -3.39. The normalized spacial score (nSPS) is 19.4. The molecule has 0 bridgehead atoms. The molecule has 1 heterocycles. The number of carboxylic acids is 1. The predicted octanol–water partition coefficient (Wildman–Crippen LogP) is 3.55. The molecule has 2 aromatic carbocycles. The Balaban J connectivity index is 1.30. The molecular weight excluding hydrogens is 448 g/mol. The highest BCUT2D eigenvalue weighted by molar-refractivity contribution is 5.83. The van der Waals surface area contributed by atoms with Gasteiger partial charge in [0.25, 0.3) is 0 Å². The smallest absolute Gasteiger partial charge is 0.407 e. The van der Waals surface area contributed by atoms with Gasteiger partial charge in [-0.3, -0.25) is 9.59 Å². The van der Waals surface area contributed by atoms with Crippen molar-refractivity contribution >= 4 is 18.0 Å². The standard InChI is InChI=1S/C27H32N2O6/c1-27(2,25(32)29-23-11-12-34-14-17(23)13-24(30)31)16-28-26(33)35-15-22-20-9-5-3-7-18(20)19-8-4-6-10-21(19)22/h3-10,17,22-23H,11-16H2,1-2H3,(H,28,33)(H,29,32)(H,30,31). The highest BCUT2D eigenvalue weighted by Crippen LogP contribution is 2.44. The molecule has 4 rings (SSSR count). The Morgan fingerprint density at radius 3 is 2.31 bits per heavy atom. The summed E-state index contributed by atoms with van der Waals surface area (Å²) >= 11 is 0. The van der Waals surface area contributed by atoms with Gasteiger partial charge in [0.05, 0.1) is 18.4 Å². The van der Waals surface area contributed by atoms with E-state index in [4.69, 9.17) is 14.6 Å². The van der Waals surface area contributed by atoms with Gasteiger partial charge >= 0.3 is 12.1 Å². The number of nitrogens with one attached hydrogen (secondary N) is 2. The van der Waals surface area contributed by atoms with Gasteiger partial charge in [-0.15, -0.1) is 0 Å². The molecule has 0 aromatic heterocycles. The van der Waals surface area contributed by atoms with E-state index in [1.807, 2.05) is 24.3 Å². The van der Waals surface area contributed by atoms with Crippen LogP contribution in [0.25, 0.3) is 11.1 Å². The third kappa shape index (κ3) is 5.65. The number of alkyl carbamates (subject to hydrolysis) is 1. The SMILES string of the molecule is CC(C)(CNC(=O)OCC1c2ccccc2-c2ccccc21)C(=O)NC1CCOCC1CC(=O)O. The van der Waals surface area contributed by atoms with E-state index in [2.05, 4.69) is 34.9 Å². The van der Waals surface area contributed by atoms with Gasteiger partial charge in [-0.1, -0.05) is 48.5 Å². The molecule has 2 unspecified atom stereocenters. The fourth-order valence-electron chi connectivity index (χ4n) is 4.80. The van der Waals surface area contributed by atoms with Crippen LogP contribution in [0.3, 0.4) is 0 Å². The van der Waals surface area contributed by atoms with Gasteiger partial charge in [0.2, 0.25) is 5.91 Å². The number of hydrogen-bond donors (Lipinski definition) is 3. The van der Waals surface area contributed by atoms with Crippen molar-refractivity contribution in [3.63, 3.8) is 0 Å². The van der Waals surface area contributed by atoms with E-state index in [0.29, 0.717) is 19.6 Å². The number of carbonyl (C=O) groups excluding carboxylic acids is 2. The highest BCUT2D eigenvalue weighted by atomic mass is 16.5. The fourth-order valence-corrected chi connectivity index (χ4v) is 4.80.